The van der Waals surface area contributed by atoms with Gasteiger partial charge in [0.05, 0.1) is 4.88 Å². The van der Waals surface area contributed by atoms with E-state index in [1.807, 2.05) is 25.1 Å². The molecule has 0 radical (unpaired) electrons. The van der Waals surface area contributed by atoms with Gasteiger partial charge in [-0.25, -0.2) is 0 Å². The van der Waals surface area contributed by atoms with E-state index >= 15 is 0 Å². The highest BCUT2D eigenvalue weighted by Gasteiger charge is 2.11. The number of amides is 1. The van der Waals surface area contributed by atoms with Crippen molar-refractivity contribution in [3.05, 3.63) is 51.2 Å². The first kappa shape index (κ1) is 15.1. The van der Waals surface area contributed by atoms with Gasteiger partial charge in [0.2, 0.25) is 0 Å². The van der Waals surface area contributed by atoms with E-state index in [0.717, 1.165) is 12.0 Å². The van der Waals surface area contributed by atoms with Crippen molar-refractivity contribution < 1.29 is 10.0 Å². The lowest BCUT2D eigenvalue weighted by Crippen LogP contribution is -2.15. The van der Waals surface area contributed by atoms with Gasteiger partial charge in [0, 0.05) is 16.1 Å². The lowest BCUT2D eigenvalue weighted by molar-refractivity contribution is 0.103. The van der Waals surface area contributed by atoms with Gasteiger partial charge in [0.25, 0.3) is 5.91 Å². The van der Waals surface area contributed by atoms with Crippen LogP contribution in [0.1, 0.15) is 32.6 Å². The third kappa shape index (κ3) is 3.41. The minimum atomic E-state index is -0.153. The second kappa shape index (κ2) is 6.41. The summed E-state index contributed by atoms with van der Waals surface area (Å²) in [6.07, 6.45) is 0.913. The number of hydrogen-bond donors (Lipinski definition) is 3. The van der Waals surface area contributed by atoms with Crippen LogP contribution in [-0.2, 0) is 6.42 Å². The van der Waals surface area contributed by atoms with Crippen molar-refractivity contribution in [1.29, 1.82) is 0 Å². The Morgan fingerprint density at radius 2 is 2.14 bits per heavy atom. The van der Waals surface area contributed by atoms with Gasteiger partial charge in [-0.05, 0) is 37.1 Å². The molecule has 4 N–H and O–H groups in total. The molecule has 0 unspecified atom stereocenters. The van der Waals surface area contributed by atoms with Crippen LogP contribution in [-0.4, -0.2) is 17.0 Å². The van der Waals surface area contributed by atoms with Crippen molar-refractivity contribution in [2.24, 2.45) is 10.9 Å². The molecule has 1 amide bonds. The summed E-state index contributed by atoms with van der Waals surface area (Å²) in [4.78, 5) is 14.1. The van der Waals surface area contributed by atoms with Gasteiger partial charge in [-0.2, -0.15) is 0 Å². The molecule has 1 aromatic carbocycles. The quantitative estimate of drug-likeness (QED) is 0.351. The number of thiophene rings is 1. The fourth-order valence-electron chi connectivity index (χ4n) is 1.85. The van der Waals surface area contributed by atoms with Crippen molar-refractivity contribution in [1.82, 2.24) is 0 Å². The van der Waals surface area contributed by atoms with Crippen molar-refractivity contribution in [2.75, 3.05) is 5.32 Å². The van der Waals surface area contributed by atoms with Gasteiger partial charge in [0.15, 0.2) is 5.84 Å². The summed E-state index contributed by atoms with van der Waals surface area (Å²) in [5.41, 5.74) is 7.68. The summed E-state index contributed by atoms with van der Waals surface area (Å²) in [6.45, 7) is 3.94. The predicted molar refractivity (Wildman–Crippen MR) is 85.3 cm³/mol. The molecule has 0 atom stereocenters. The highest BCUT2D eigenvalue weighted by atomic mass is 32.1. The zero-order chi connectivity index (χ0) is 15.4. The molecular formula is C15H17N3O2S. The highest BCUT2D eigenvalue weighted by molar-refractivity contribution is 7.14. The lowest BCUT2D eigenvalue weighted by Gasteiger charge is -2.09. The number of benzene rings is 1. The molecule has 110 valence electrons. The zero-order valence-corrected chi connectivity index (χ0v) is 12.7. The summed E-state index contributed by atoms with van der Waals surface area (Å²) in [7, 11) is 0. The van der Waals surface area contributed by atoms with Gasteiger partial charge in [-0.1, -0.05) is 24.2 Å². The van der Waals surface area contributed by atoms with Crippen LogP contribution in [0.3, 0.4) is 0 Å². The number of amidine groups is 1. The van der Waals surface area contributed by atoms with Crippen LogP contribution >= 0.6 is 11.3 Å². The fourth-order valence-corrected chi connectivity index (χ4v) is 2.69. The smallest absolute Gasteiger partial charge is 0.265 e. The van der Waals surface area contributed by atoms with Crippen molar-refractivity contribution >= 4 is 28.8 Å². The van der Waals surface area contributed by atoms with Crippen LogP contribution in [0, 0.1) is 6.92 Å². The topological polar surface area (TPSA) is 87.7 Å². The molecule has 0 fully saturated rings. The molecule has 0 saturated carbocycles. The number of rotatable bonds is 4. The summed E-state index contributed by atoms with van der Waals surface area (Å²) < 4.78 is 0. The van der Waals surface area contributed by atoms with Gasteiger partial charge in [-0.3, -0.25) is 4.79 Å². The predicted octanol–water partition coefficient (Wildman–Crippen LogP) is 2.97. The molecular weight excluding hydrogens is 286 g/mol. The first-order chi connectivity index (χ1) is 10.0. The third-order valence-corrected chi connectivity index (χ3v) is 4.35. The largest absolute Gasteiger partial charge is 0.409 e. The molecule has 0 aliphatic rings. The molecule has 0 aliphatic carbocycles. The maximum atomic E-state index is 12.2. The van der Waals surface area contributed by atoms with Crippen LogP contribution < -0.4 is 11.1 Å². The van der Waals surface area contributed by atoms with E-state index in [0.29, 0.717) is 16.1 Å². The summed E-state index contributed by atoms with van der Waals surface area (Å²) in [5.74, 6) is -0.144. The number of aryl methyl sites for hydroxylation is 2. The Labute approximate surface area is 127 Å². The minimum Gasteiger partial charge on any atom is -0.409 e. The SMILES string of the molecule is CCc1ccc(C(=O)Nc2cc(C(N)=NO)ccc2C)s1. The van der Waals surface area contributed by atoms with E-state index in [1.54, 1.807) is 12.1 Å². The number of hydrogen-bond acceptors (Lipinski definition) is 4. The molecule has 0 spiro atoms. The number of nitrogens with one attached hydrogen (secondary N) is 1. The molecule has 0 aliphatic heterocycles. The number of carbonyl (C=O) groups is 1. The molecule has 5 nitrogen and oxygen atoms in total. The lowest BCUT2D eigenvalue weighted by atomic mass is 10.1. The molecule has 21 heavy (non-hydrogen) atoms. The summed E-state index contributed by atoms with van der Waals surface area (Å²) in [6, 6.07) is 9.02. The molecule has 0 bridgehead atoms. The first-order valence-corrected chi connectivity index (χ1v) is 7.35. The Kier molecular flexibility index (Phi) is 4.59. The highest BCUT2D eigenvalue weighted by Crippen LogP contribution is 2.21. The number of nitrogens with zero attached hydrogens (tertiary/aromatic N) is 1. The summed E-state index contributed by atoms with van der Waals surface area (Å²) in [5, 5.41) is 14.5. The van der Waals surface area contributed by atoms with E-state index in [2.05, 4.69) is 17.4 Å². The molecule has 0 saturated heterocycles. The Morgan fingerprint density at radius 1 is 1.38 bits per heavy atom. The number of nitrogens with two attached hydrogens (primary N) is 1. The first-order valence-electron chi connectivity index (χ1n) is 6.53. The van der Waals surface area contributed by atoms with Gasteiger partial charge in [0.1, 0.15) is 0 Å². The average molecular weight is 303 g/mol. The van der Waals surface area contributed by atoms with E-state index in [4.69, 9.17) is 10.9 Å². The van der Waals surface area contributed by atoms with E-state index < -0.39 is 0 Å². The number of carbonyl (C=O) groups excluding carboxylic acids is 1. The van der Waals surface area contributed by atoms with Crippen molar-refractivity contribution in [3.8, 4) is 0 Å². The van der Waals surface area contributed by atoms with Gasteiger partial charge < -0.3 is 16.3 Å². The second-order valence-electron chi connectivity index (χ2n) is 4.59. The minimum absolute atomic E-state index is 0.00916. The van der Waals surface area contributed by atoms with E-state index in [9.17, 15) is 4.79 Å². The monoisotopic (exact) mass is 303 g/mol. The van der Waals surface area contributed by atoms with Crippen LogP contribution in [0.15, 0.2) is 35.5 Å². The Hall–Kier alpha value is -2.34. The van der Waals surface area contributed by atoms with Crippen molar-refractivity contribution in [2.45, 2.75) is 20.3 Å². The Balaban J connectivity index is 2.24. The molecule has 1 heterocycles. The van der Waals surface area contributed by atoms with E-state index in [-0.39, 0.29) is 11.7 Å². The molecule has 6 heteroatoms. The van der Waals surface area contributed by atoms with Crippen molar-refractivity contribution in [3.63, 3.8) is 0 Å². The standard InChI is InChI=1S/C15H17N3O2S/c1-3-11-6-7-13(21-11)15(19)17-12-8-10(14(16)18-20)5-4-9(12)2/h4-8,20H,3H2,1-2H3,(H2,16,18)(H,17,19). The number of oxime groups is 1. The van der Waals surface area contributed by atoms with Gasteiger partial charge >= 0.3 is 0 Å². The van der Waals surface area contributed by atoms with Crippen LogP contribution in [0.4, 0.5) is 5.69 Å². The zero-order valence-electron chi connectivity index (χ0n) is 11.9. The summed E-state index contributed by atoms with van der Waals surface area (Å²) >= 11 is 1.48. The average Bonchev–Trinajstić information content (AvgIpc) is 2.97. The normalized spacial score (nSPS) is 11.4. The maximum absolute atomic E-state index is 12.2. The van der Waals surface area contributed by atoms with Crippen LogP contribution in [0.2, 0.25) is 0 Å². The van der Waals surface area contributed by atoms with Crippen LogP contribution in [0.25, 0.3) is 0 Å². The molecule has 2 aromatic rings. The van der Waals surface area contributed by atoms with E-state index in [1.165, 1.54) is 16.2 Å². The Bertz CT molecular complexity index is 692. The maximum Gasteiger partial charge on any atom is 0.265 e. The van der Waals surface area contributed by atoms with Crippen LogP contribution in [0.5, 0.6) is 0 Å². The van der Waals surface area contributed by atoms with Gasteiger partial charge in [-0.15, -0.1) is 11.3 Å². The number of anilines is 1. The fraction of sp³-hybridized carbons (Fsp3) is 0.200. The molecule has 1 aromatic heterocycles. The third-order valence-electron chi connectivity index (χ3n) is 3.12. The Morgan fingerprint density at radius 3 is 2.76 bits per heavy atom. The second-order valence-corrected chi connectivity index (χ2v) is 5.76. The molecule has 2 rings (SSSR count).